The first kappa shape index (κ1) is 11.0. The number of hydrogen-bond acceptors (Lipinski definition) is 2. The van der Waals surface area contributed by atoms with E-state index in [1.54, 1.807) is 18.5 Å². The number of nitrogens with zero attached hydrogens (tertiary/aromatic N) is 1. The van der Waals surface area contributed by atoms with Crippen LogP contribution >= 0.6 is 15.9 Å². The van der Waals surface area contributed by atoms with Gasteiger partial charge in [0, 0.05) is 28.0 Å². The molecule has 1 aromatic heterocycles. The lowest BCUT2D eigenvalue weighted by atomic mass is 10.0. The number of aromatic nitrogens is 1. The van der Waals surface area contributed by atoms with Gasteiger partial charge in [0.25, 0.3) is 0 Å². The van der Waals surface area contributed by atoms with Gasteiger partial charge < -0.3 is 0 Å². The average molecular weight is 276 g/mol. The van der Waals surface area contributed by atoms with Crippen molar-refractivity contribution in [2.45, 2.75) is 6.92 Å². The minimum Gasteiger partial charge on any atom is -0.289 e. The second-order valence-corrected chi connectivity index (χ2v) is 4.45. The molecule has 0 unspecified atom stereocenters. The van der Waals surface area contributed by atoms with Gasteiger partial charge in [-0.15, -0.1) is 0 Å². The van der Waals surface area contributed by atoms with Gasteiger partial charge in [0.2, 0.25) is 0 Å². The molecule has 2 rings (SSSR count). The van der Waals surface area contributed by atoms with Gasteiger partial charge in [0.1, 0.15) is 0 Å². The molecular weight excluding hydrogens is 266 g/mol. The van der Waals surface area contributed by atoms with Crippen molar-refractivity contribution in [3.8, 4) is 0 Å². The van der Waals surface area contributed by atoms with Crippen LogP contribution in [0, 0.1) is 6.92 Å². The number of carbonyl (C=O) groups excluding carboxylic acids is 1. The van der Waals surface area contributed by atoms with E-state index in [-0.39, 0.29) is 5.78 Å². The van der Waals surface area contributed by atoms with Gasteiger partial charge in [0.15, 0.2) is 5.78 Å². The molecule has 3 heteroatoms. The fraction of sp³-hybridized carbons (Fsp3) is 0.0769. The molecule has 2 aromatic rings. The van der Waals surface area contributed by atoms with Crippen LogP contribution in [-0.4, -0.2) is 10.8 Å². The minimum atomic E-state index is 0.00639. The molecule has 0 aliphatic heterocycles. The van der Waals surface area contributed by atoms with Gasteiger partial charge in [-0.05, 0) is 30.7 Å². The zero-order valence-corrected chi connectivity index (χ0v) is 10.4. The van der Waals surface area contributed by atoms with Gasteiger partial charge in [-0.25, -0.2) is 0 Å². The Morgan fingerprint density at radius 3 is 2.81 bits per heavy atom. The summed E-state index contributed by atoms with van der Waals surface area (Å²) >= 11 is 3.35. The number of benzene rings is 1. The first-order chi connectivity index (χ1) is 7.68. The molecule has 16 heavy (non-hydrogen) atoms. The van der Waals surface area contributed by atoms with Crippen LogP contribution in [0.1, 0.15) is 21.5 Å². The molecule has 1 heterocycles. The quantitative estimate of drug-likeness (QED) is 0.787. The lowest BCUT2D eigenvalue weighted by Gasteiger charge is -2.04. The Kier molecular flexibility index (Phi) is 3.15. The molecule has 0 amide bonds. The van der Waals surface area contributed by atoms with Gasteiger partial charge in [-0.1, -0.05) is 28.1 Å². The van der Waals surface area contributed by atoms with Crippen molar-refractivity contribution in [1.82, 2.24) is 4.98 Å². The number of carbonyl (C=O) groups is 1. The molecule has 0 spiro atoms. The van der Waals surface area contributed by atoms with E-state index in [2.05, 4.69) is 20.9 Å². The third-order valence-corrected chi connectivity index (χ3v) is 2.86. The lowest BCUT2D eigenvalue weighted by Crippen LogP contribution is -2.04. The van der Waals surface area contributed by atoms with E-state index in [0.29, 0.717) is 11.1 Å². The van der Waals surface area contributed by atoms with E-state index in [1.807, 2.05) is 31.2 Å². The minimum absolute atomic E-state index is 0.00639. The Balaban J connectivity index is 2.44. The summed E-state index contributed by atoms with van der Waals surface area (Å²) in [6.45, 7) is 1.91. The summed E-state index contributed by atoms with van der Waals surface area (Å²) in [5, 5.41) is 0. The SMILES string of the molecule is Cc1ccncc1C(=O)c1cccc(Br)c1. The van der Waals surface area contributed by atoms with E-state index in [1.165, 1.54) is 0 Å². The largest absolute Gasteiger partial charge is 0.289 e. The fourth-order valence-corrected chi connectivity index (χ4v) is 1.89. The standard InChI is InChI=1S/C13H10BrNO/c1-9-5-6-15-8-12(9)13(16)10-3-2-4-11(14)7-10/h2-8H,1H3. The van der Waals surface area contributed by atoms with Crippen LogP contribution in [0.25, 0.3) is 0 Å². The maximum Gasteiger partial charge on any atom is 0.194 e. The Labute approximate surface area is 102 Å². The van der Waals surface area contributed by atoms with Crippen LogP contribution in [0.3, 0.4) is 0 Å². The van der Waals surface area contributed by atoms with Gasteiger partial charge >= 0.3 is 0 Å². The highest BCUT2D eigenvalue weighted by atomic mass is 79.9. The highest BCUT2D eigenvalue weighted by Crippen LogP contribution is 2.16. The molecule has 0 aliphatic carbocycles. The Morgan fingerprint density at radius 1 is 1.31 bits per heavy atom. The molecule has 0 N–H and O–H groups in total. The zero-order chi connectivity index (χ0) is 11.5. The molecule has 0 radical (unpaired) electrons. The van der Waals surface area contributed by atoms with Gasteiger partial charge in [0.05, 0.1) is 0 Å². The normalized spacial score (nSPS) is 10.1. The summed E-state index contributed by atoms with van der Waals surface area (Å²) < 4.78 is 0.903. The second kappa shape index (κ2) is 4.58. The summed E-state index contributed by atoms with van der Waals surface area (Å²) in [6.07, 6.45) is 3.30. The van der Waals surface area contributed by atoms with Crippen LogP contribution in [-0.2, 0) is 0 Å². The van der Waals surface area contributed by atoms with Crippen molar-refractivity contribution in [2.24, 2.45) is 0 Å². The van der Waals surface area contributed by atoms with Crippen LogP contribution in [0.2, 0.25) is 0 Å². The smallest absolute Gasteiger partial charge is 0.194 e. The van der Waals surface area contributed by atoms with Crippen LogP contribution in [0.5, 0.6) is 0 Å². The van der Waals surface area contributed by atoms with E-state index in [9.17, 15) is 4.79 Å². The Hall–Kier alpha value is -1.48. The first-order valence-corrected chi connectivity index (χ1v) is 5.68. The Morgan fingerprint density at radius 2 is 2.12 bits per heavy atom. The third-order valence-electron chi connectivity index (χ3n) is 2.37. The van der Waals surface area contributed by atoms with E-state index < -0.39 is 0 Å². The molecule has 0 aliphatic rings. The molecule has 0 saturated carbocycles. The number of hydrogen-bond donors (Lipinski definition) is 0. The van der Waals surface area contributed by atoms with Gasteiger partial charge in [-0.2, -0.15) is 0 Å². The molecule has 0 saturated heterocycles. The maximum atomic E-state index is 12.2. The number of pyridine rings is 1. The zero-order valence-electron chi connectivity index (χ0n) is 8.77. The van der Waals surface area contributed by atoms with Crippen LogP contribution in [0.4, 0.5) is 0 Å². The average Bonchev–Trinajstić information content (AvgIpc) is 2.29. The summed E-state index contributed by atoms with van der Waals surface area (Å²) in [7, 11) is 0. The molecule has 1 aromatic carbocycles. The predicted octanol–water partition coefficient (Wildman–Crippen LogP) is 3.38. The summed E-state index contributed by atoms with van der Waals surface area (Å²) in [5.74, 6) is 0.00639. The number of rotatable bonds is 2. The molecule has 0 bridgehead atoms. The van der Waals surface area contributed by atoms with Crippen molar-refractivity contribution in [2.75, 3.05) is 0 Å². The monoisotopic (exact) mass is 275 g/mol. The van der Waals surface area contributed by atoms with E-state index in [4.69, 9.17) is 0 Å². The van der Waals surface area contributed by atoms with E-state index >= 15 is 0 Å². The molecule has 0 atom stereocenters. The summed E-state index contributed by atoms with van der Waals surface area (Å²) in [5.41, 5.74) is 2.27. The van der Waals surface area contributed by atoms with Crippen LogP contribution in [0.15, 0.2) is 47.2 Å². The number of halogens is 1. The maximum absolute atomic E-state index is 12.2. The summed E-state index contributed by atoms with van der Waals surface area (Å²) in [6, 6.07) is 9.20. The van der Waals surface area contributed by atoms with Crippen molar-refractivity contribution < 1.29 is 4.79 Å². The number of ketones is 1. The predicted molar refractivity (Wildman–Crippen MR) is 66.5 cm³/mol. The molecule has 80 valence electrons. The first-order valence-electron chi connectivity index (χ1n) is 4.89. The molecule has 0 fully saturated rings. The van der Waals surface area contributed by atoms with Gasteiger partial charge in [-0.3, -0.25) is 9.78 Å². The highest BCUT2D eigenvalue weighted by Gasteiger charge is 2.11. The van der Waals surface area contributed by atoms with Crippen molar-refractivity contribution >= 4 is 21.7 Å². The molecule has 2 nitrogen and oxygen atoms in total. The van der Waals surface area contributed by atoms with Crippen LogP contribution < -0.4 is 0 Å². The van der Waals surface area contributed by atoms with Crippen molar-refractivity contribution in [3.63, 3.8) is 0 Å². The van der Waals surface area contributed by atoms with Crippen molar-refractivity contribution in [1.29, 1.82) is 0 Å². The highest BCUT2D eigenvalue weighted by molar-refractivity contribution is 9.10. The van der Waals surface area contributed by atoms with E-state index in [0.717, 1.165) is 10.0 Å². The summed E-state index contributed by atoms with van der Waals surface area (Å²) in [4.78, 5) is 16.1. The third kappa shape index (κ3) is 2.19. The van der Waals surface area contributed by atoms with Crippen molar-refractivity contribution in [3.05, 3.63) is 63.9 Å². The lowest BCUT2D eigenvalue weighted by molar-refractivity contribution is 0.103. The topological polar surface area (TPSA) is 30.0 Å². The second-order valence-electron chi connectivity index (χ2n) is 3.53. The molecular formula is C13H10BrNO. The fourth-order valence-electron chi connectivity index (χ4n) is 1.49. The Bertz CT molecular complexity index is 537. The number of aryl methyl sites for hydroxylation is 1.